The number of aromatic nitrogens is 7. The van der Waals surface area contributed by atoms with Crippen LogP contribution in [0.15, 0.2) is 53.3 Å². The maximum atomic E-state index is 6.03. The SMILES string of the molecule is Cc1ccc(OCc2nnn3c2Cc2c(-c4nc(C)no4)ncn2-c2ccc(C)cc2-3)cc1. The van der Waals surface area contributed by atoms with Crippen LogP contribution in [0.2, 0.25) is 0 Å². The van der Waals surface area contributed by atoms with Crippen LogP contribution in [0.4, 0.5) is 0 Å². The summed E-state index contributed by atoms with van der Waals surface area (Å²) in [7, 11) is 0. The fraction of sp³-hybridized carbons (Fsp3) is 0.208. The zero-order chi connectivity index (χ0) is 22.5. The minimum Gasteiger partial charge on any atom is -0.487 e. The van der Waals surface area contributed by atoms with E-state index in [4.69, 9.17) is 9.26 Å². The molecule has 33 heavy (non-hydrogen) atoms. The van der Waals surface area contributed by atoms with Crippen LogP contribution >= 0.6 is 0 Å². The number of nitrogens with zero attached hydrogens (tertiary/aromatic N) is 7. The van der Waals surface area contributed by atoms with Crippen LogP contribution < -0.4 is 4.74 Å². The zero-order valence-electron chi connectivity index (χ0n) is 18.5. The largest absolute Gasteiger partial charge is 0.487 e. The molecular formula is C24H21N7O2. The lowest BCUT2D eigenvalue weighted by molar-refractivity contribution is 0.300. The zero-order valence-corrected chi connectivity index (χ0v) is 18.5. The summed E-state index contributed by atoms with van der Waals surface area (Å²) in [6, 6.07) is 14.2. The van der Waals surface area contributed by atoms with Gasteiger partial charge in [-0.3, -0.25) is 4.57 Å². The van der Waals surface area contributed by atoms with Gasteiger partial charge in [0.1, 0.15) is 24.4 Å². The van der Waals surface area contributed by atoms with Crippen LogP contribution in [0.25, 0.3) is 23.0 Å². The predicted molar refractivity (Wildman–Crippen MR) is 120 cm³/mol. The normalized spacial score (nSPS) is 12.1. The van der Waals surface area contributed by atoms with Crippen molar-refractivity contribution in [2.24, 2.45) is 0 Å². The summed E-state index contributed by atoms with van der Waals surface area (Å²) < 4.78 is 15.4. The Morgan fingerprint density at radius 3 is 2.58 bits per heavy atom. The number of rotatable bonds is 4. The molecule has 6 rings (SSSR count). The van der Waals surface area contributed by atoms with Crippen molar-refractivity contribution in [1.29, 1.82) is 0 Å². The molecule has 0 amide bonds. The molecule has 2 aromatic carbocycles. The summed E-state index contributed by atoms with van der Waals surface area (Å²) in [4.78, 5) is 9.01. The van der Waals surface area contributed by atoms with Crippen molar-refractivity contribution in [3.05, 3.63) is 82.8 Å². The van der Waals surface area contributed by atoms with Gasteiger partial charge in [-0.25, -0.2) is 9.67 Å². The first-order chi connectivity index (χ1) is 16.1. The third kappa shape index (κ3) is 3.29. The van der Waals surface area contributed by atoms with Gasteiger partial charge in [-0.1, -0.05) is 34.1 Å². The lowest BCUT2D eigenvalue weighted by Crippen LogP contribution is -2.05. The molecule has 0 unspecified atom stereocenters. The van der Waals surface area contributed by atoms with E-state index < -0.39 is 0 Å². The highest BCUT2D eigenvalue weighted by atomic mass is 16.5. The number of ether oxygens (including phenoxy) is 1. The molecule has 0 fully saturated rings. The second kappa shape index (κ2) is 7.40. The quantitative estimate of drug-likeness (QED) is 0.411. The van der Waals surface area contributed by atoms with E-state index in [0.29, 0.717) is 30.4 Å². The number of aryl methyl sites for hydroxylation is 3. The summed E-state index contributed by atoms with van der Waals surface area (Å²) in [5.41, 5.74) is 7.50. The third-order valence-corrected chi connectivity index (χ3v) is 5.79. The van der Waals surface area contributed by atoms with E-state index in [9.17, 15) is 0 Å². The van der Waals surface area contributed by atoms with Gasteiger partial charge in [0.15, 0.2) is 11.5 Å². The highest BCUT2D eigenvalue weighted by Crippen LogP contribution is 2.33. The van der Waals surface area contributed by atoms with Crippen molar-refractivity contribution in [2.75, 3.05) is 0 Å². The van der Waals surface area contributed by atoms with Gasteiger partial charge < -0.3 is 9.26 Å². The average Bonchev–Trinajstić information content (AvgIpc) is 3.51. The Morgan fingerprint density at radius 1 is 0.970 bits per heavy atom. The molecule has 0 radical (unpaired) electrons. The molecule has 0 atom stereocenters. The standard InChI is InChI=1S/C24H21N7O2/c1-14-4-7-17(8-5-14)32-12-18-20-11-22-23(24-26-16(3)28-33-24)25-13-30(22)19-9-6-15(2)10-21(19)31(20)29-27-18/h4-10,13H,11-12H2,1-3H3. The average molecular weight is 439 g/mol. The monoisotopic (exact) mass is 439 g/mol. The number of fused-ring (bicyclic) bond motifs is 5. The Kier molecular flexibility index (Phi) is 4.36. The molecule has 3 aromatic heterocycles. The molecule has 0 N–H and O–H groups in total. The molecule has 0 saturated carbocycles. The molecule has 0 aliphatic carbocycles. The predicted octanol–water partition coefficient (Wildman–Crippen LogP) is 3.91. The van der Waals surface area contributed by atoms with Crippen LogP contribution in [-0.4, -0.2) is 34.7 Å². The van der Waals surface area contributed by atoms with Crippen molar-refractivity contribution < 1.29 is 9.26 Å². The number of imidazole rings is 1. The Bertz CT molecular complexity index is 1480. The Balaban J connectivity index is 1.47. The lowest BCUT2D eigenvalue weighted by Gasteiger charge is -2.10. The minimum absolute atomic E-state index is 0.308. The maximum absolute atomic E-state index is 6.03. The Hall–Kier alpha value is -4.27. The van der Waals surface area contributed by atoms with Gasteiger partial charge in [0, 0.05) is 6.42 Å². The lowest BCUT2D eigenvalue weighted by atomic mass is 10.1. The molecule has 4 heterocycles. The number of hydrogen-bond acceptors (Lipinski definition) is 7. The van der Waals surface area contributed by atoms with Gasteiger partial charge in [-0.15, -0.1) is 5.10 Å². The first-order valence-electron chi connectivity index (χ1n) is 10.7. The van der Waals surface area contributed by atoms with E-state index in [1.54, 1.807) is 13.3 Å². The smallest absolute Gasteiger partial charge is 0.278 e. The molecule has 9 nitrogen and oxygen atoms in total. The molecule has 5 aromatic rings. The maximum Gasteiger partial charge on any atom is 0.278 e. The molecule has 0 spiro atoms. The third-order valence-electron chi connectivity index (χ3n) is 5.79. The Morgan fingerprint density at radius 2 is 1.79 bits per heavy atom. The Labute approximate surface area is 189 Å². The second-order valence-corrected chi connectivity index (χ2v) is 8.22. The van der Waals surface area contributed by atoms with E-state index in [2.05, 4.69) is 55.1 Å². The summed E-state index contributed by atoms with van der Waals surface area (Å²) in [5, 5.41) is 12.9. The summed E-state index contributed by atoms with van der Waals surface area (Å²) in [6.45, 7) is 6.21. The van der Waals surface area contributed by atoms with E-state index in [0.717, 1.165) is 39.8 Å². The highest BCUT2D eigenvalue weighted by molar-refractivity contribution is 5.62. The van der Waals surface area contributed by atoms with Gasteiger partial charge >= 0.3 is 0 Å². The van der Waals surface area contributed by atoms with Crippen molar-refractivity contribution in [3.63, 3.8) is 0 Å². The van der Waals surface area contributed by atoms with Crippen LogP contribution in [0.1, 0.15) is 34.0 Å². The van der Waals surface area contributed by atoms with Gasteiger partial charge in [0.25, 0.3) is 5.89 Å². The first-order valence-corrected chi connectivity index (χ1v) is 10.7. The van der Waals surface area contributed by atoms with Gasteiger partial charge in [0.2, 0.25) is 0 Å². The summed E-state index contributed by atoms with van der Waals surface area (Å²) in [6.07, 6.45) is 2.32. The van der Waals surface area contributed by atoms with Crippen LogP contribution in [0, 0.1) is 20.8 Å². The van der Waals surface area contributed by atoms with E-state index in [1.807, 2.05) is 35.9 Å². The number of benzene rings is 2. The van der Waals surface area contributed by atoms with Gasteiger partial charge in [-0.05, 0) is 50.6 Å². The van der Waals surface area contributed by atoms with Gasteiger partial charge in [-0.2, -0.15) is 4.98 Å². The van der Waals surface area contributed by atoms with E-state index >= 15 is 0 Å². The van der Waals surface area contributed by atoms with Crippen molar-refractivity contribution in [1.82, 2.24) is 34.7 Å². The molecule has 164 valence electrons. The molecule has 0 saturated heterocycles. The fourth-order valence-corrected chi connectivity index (χ4v) is 4.09. The molecule has 1 aliphatic rings. The van der Waals surface area contributed by atoms with Crippen molar-refractivity contribution in [3.8, 4) is 28.7 Å². The van der Waals surface area contributed by atoms with Crippen LogP contribution in [-0.2, 0) is 13.0 Å². The molecule has 0 bridgehead atoms. The summed E-state index contributed by atoms with van der Waals surface area (Å²) in [5.74, 6) is 1.75. The van der Waals surface area contributed by atoms with Crippen molar-refractivity contribution in [2.45, 2.75) is 33.8 Å². The van der Waals surface area contributed by atoms with Crippen molar-refractivity contribution >= 4 is 0 Å². The molecule has 9 heteroatoms. The number of hydrogen-bond donors (Lipinski definition) is 0. The minimum atomic E-state index is 0.308. The fourth-order valence-electron chi connectivity index (χ4n) is 4.09. The topological polar surface area (TPSA) is 96.7 Å². The summed E-state index contributed by atoms with van der Waals surface area (Å²) >= 11 is 0. The first kappa shape index (κ1) is 19.4. The molecular weight excluding hydrogens is 418 g/mol. The second-order valence-electron chi connectivity index (χ2n) is 8.22. The molecule has 1 aliphatic heterocycles. The van der Waals surface area contributed by atoms with Gasteiger partial charge in [0.05, 0.1) is 22.8 Å². The van der Waals surface area contributed by atoms with Crippen LogP contribution in [0.3, 0.4) is 0 Å². The van der Waals surface area contributed by atoms with E-state index in [-0.39, 0.29) is 0 Å². The van der Waals surface area contributed by atoms with Crippen LogP contribution in [0.5, 0.6) is 5.75 Å². The highest BCUT2D eigenvalue weighted by Gasteiger charge is 2.28. The van der Waals surface area contributed by atoms with E-state index in [1.165, 1.54) is 5.56 Å².